The number of nitrogens with zero attached hydrogens (tertiary/aromatic N) is 1. The van der Waals surface area contributed by atoms with Crippen LogP contribution < -0.4 is 10.6 Å². The summed E-state index contributed by atoms with van der Waals surface area (Å²) >= 11 is 0. The molecule has 0 unspecified atom stereocenters. The van der Waals surface area contributed by atoms with Gasteiger partial charge in [0.15, 0.2) is 6.29 Å². The van der Waals surface area contributed by atoms with Gasteiger partial charge in [-0.25, -0.2) is 4.79 Å². The lowest BCUT2D eigenvalue weighted by atomic mass is 9.99. The standard InChI is InChI=1S/C34H37N3O4/c1-37(22-26-10-6-3-7-11-26)23-31-20-32(28-14-12-27(24-38)13-15-28)41-33(40-31)29-16-18-30(19-17-29)36-34(39)35-21-25-8-4-2-5-9-25/h2-19,31-33,38H,20-24H2,1H3,(H2,35,36,39)/t31-,32+,33+/m0/s1. The first-order chi connectivity index (χ1) is 20.1. The molecule has 0 aliphatic carbocycles. The molecule has 3 N–H and O–H groups in total. The third-order valence-electron chi connectivity index (χ3n) is 7.16. The van der Waals surface area contributed by atoms with Gasteiger partial charge in [-0.05, 0) is 41.4 Å². The number of nitrogens with one attached hydrogen (secondary N) is 2. The topological polar surface area (TPSA) is 83.1 Å². The van der Waals surface area contributed by atoms with Crippen molar-refractivity contribution >= 4 is 11.7 Å². The Kier molecular flexibility index (Phi) is 9.78. The van der Waals surface area contributed by atoms with E-state index in [4.69, 9.17) is 9.47 Å². The lowest BCUT2D eigenvalue weighted by molar-refractivity contribution is -0.252. The number of anilines is 1. The molecule has 212 valence electrons. The summed E-state index contributed by atoms with van der Waals surface area (Å²) < 4.78 is 13.0. The number of hydrogen-bond acceptors (Lipinski definition) is 5. The molecule has 4 aromatic rings. The van der Waals surface area contributed by atoms with Gasteiger partial charge in [0.05, 0.1) is 18.8 Å². The fourth-order valence-corrected chi connectivity index (χ4v) is 5.02. The molecule has 7 nitrogen and oxygen atoms in total. The van der Waals surface area contributed by atoms with Crippen molar-refractivity contribution in [1.82, 2.24) is 10.2 Å². The van der Waals surface area contributed by atoms with Gasteiger partial charge in [-0.15, -0.1) is 0 Å². The molecule has 0 aromatic heterocycles. The molecule has 1 aliphatic heterocycles. The normalized spacial score (nSPS) is 18.7. The number of rotatable bonds is 10. The minimum absolute atomic E-state index is 0.00904. The van der Waals surface area contributed by atoms with Crippen molar-refractivity contribution in [3.8, 4) is 0 Å². The summed E-state index contributed by atoms with van der Waals surface area (Å²) in [5, 5.41) is 15.2. The van der Waals surface area contributed by atoms with Crippen molar-refractivity contribution < 1.29 is 19.4 Å². The summed E-state index contributed by atoms with van der Waals surface area (Å²) in [6.07, 6.45) is -0.0397. The zero-order chi connectivity index (χ0) is 28.4. The van der Waals surface area contributed by atoms with Crippen molar-refractivity contribution in [2.75, 3.05) is 18.9 Å². The van der Waals surface area contributed by atoms with E-state index >= 15 is 0 Å². The maximum absolute atomic E-state index is 12.4. The molecule has 0 radical (unpaired) electrons. The highest BCUT2D eigenvalue weighted by molar-refractivity contribution is 5.89. The molecule has 3 atom stereocenters. The molecular weight excluding hydrogens is 514 g/mol. The van der Waals surface area contributed by atoms with Crippen molar-refractivity contribution in [3.63, 3.8) is 0 Å². The second-order valence-electron chi connectivity index (χ2n) is 10.4. The molecule has 1 fully saturated rings. The summed E-state index contributed by atoms with van der Waals surface area (Å²) in [7, 11) is 2.11. The van der Waals surface area contributed by atoms with Gasteiger partial charge in [0.25, 0.3) is 0 Å². The van der Waals surface area contributed by atoms with Gasteiger partial charge in [0, 0.05) is 37.3 Å². The highest BCUT2D eigenvalue weighted by atomic mass is 16.7. The van der Waals surface area contributed by atoms with Crippen LogP contribution in [0.1, 0.15) is 46.6 Å². The van der Waals surface area contributed by atoms with Crippen LogP contribution in [0, 0.1) is 0 Å². The molecule has 1 saturated heterocycles. The minimum atomic E-state index is -0.553. The van der Waals surface area contributed by atoms with Gasteiger partial charge in [-0.3, -0.25) is 4.90 Å². The van der Waals surface area contributed by atoms with Crippen LogP contribution in [0.2, 0.25) is 0 Å². The summed E-state index contributed by atoms with van der Waals surface area (Å²) in [4.78, 5) is 14.7. The van der Waals surface area contributed by atoms with Crippen LogP contribution >= 0.6 is 0 Å². The first kappa shape index (κ1) is 28.5. The Balaban J connectivity index is 1.25. The number of aliphatic hydroxyl groups excluding tert-OH is 1. The van der Waals surface area contributed by atoms with Crippen LogP contribution in [-0.4, -0.2) is 35.7 Å². The van der Waals surface area contributed by atoms with E-state index in [1.54, 1.807) is 0 Å². The van der Waals surface area contributed by atoms with Crippen LogP contribution in [-0.2, 0) is 29.2 Å². The number of carbonyl (C=O) groups excluding carboxylic acids is 1. The highest BCUT2D eigenvalue weighted by Gasteiger charge is 2.32. The van der Waals surface area contributed by atoms with Crippen molar-refractivity contribution in [1.29, 1.82) is 0 Å². The highest BCUT2D eigenvalue weighted by Crippen LogP contribution is 2.38. The predicted octanol–water partition coefficient (Wildman–Crippen LogP) is 6.18. The summed E-state index contributed by atoms with van der Waals surface area (Å²) in [5.74, 6) is 0. The smallest absolute Gasteiger partial charge is 0.319 e. The number of hydrogen-bond donors (Lipinski definition) is 3. The molecule has 7 heteroatoms. The van der Waals surface area contributed by atoms with Crippen LogP contribution in [0.4, 0.5) is 10.5 Å². The van der Waals surface area contributed by atoms with Gasteiger partial charge in [-0.1, -0.05) is 97.1 Å². The molecule has 1 aliphatic rings. The molecule has 1 heterocycles. The Hall–Kier alpha value is -4.01. The molecule has 0 bridgehead atoms. The minimum Gasteiger partial charge on any atom is -0.392 e. The zero-order valence-corrected chi connectivity index (χ0v) is 23.3. The van der Waals surface area contributed by atoms with Gasteiger partial charge in [0.2, 0.25) is 0 Å². The number of urea groups is 1. The number of benzene rings is 4. The van der Waals surface area contributed by atoms with E-state index in [1.807, 2.05) is 84.9 Å². The number of likely N-dealkylation sites (N-methyl/N-ethyl adjacent to an activating group) is 1. The molecule has 41 heavy (non-hydrogen) atoms. The van der Waals surface area contributed by atoms with Crippen molar-refractivity contribution in [2.24, 2.45) is 0 Å². The van der Waals surface area contributed by atoms with Gasteiger partial charge < -0.3 is 25.2 Å². The average Bonchev–Trinajstić information content (AvgIpc) is 3.01. The maximum Gasteiger partial charge on any atom is 0.319 e. The predicted molar refractivity (Wildman–Crippen MR) is 160 cm³/mol. The van der Waals surface area contributed by atoms with Gasteiger partial charge >= 0.3 is 6.03 Å². The third-order valence-corrected chi connectivity index (χ3v) is 7.16. The first-order valence-corrected chi connectivity index (χ1v) is 14.0. The Labute approximate surface area is 241 Å². The van der Waals surface area contributed by atoms with Crippen LogP contribution in [0.25, 0.3) is 0 Å². The van der Waals surface area contributed by atoms with E-state index in [2.05, 4.69) is 46.8 Å². The van der Waals surface area contributed by atoms with Gasteiger partial charge in [-0.2, -0.15) is 0 Å². The maximum atomic E-state index is 12.4. The average molecular weight is 552 g/mol. The van der Waals surface area contributed by atoms with Gasteiger partial charge in [0.1, 0.15) is 0 Å². The Morgan fingerprint density at radius 2 is 1.44 bits per heavy atom. The summed E-state index contributed by atoms with van der Waals surface area (Å²) in [6, 6.07) is 35.4. The van der Waals surface area contributed by atoms with Crippen molar-refractivity contribution in [3.05, 3.63) is 137 Å². The van der Waals surface area contributed by atoms with E-state index in [9.17, 15) is 9.90 Å². The number of aliphatic hydroxyl groups is 1. The number of ether oxygens (including phenoxy) is 2. The number of amides is 2. The Morgan fingerprint density at radius 3 is 2.10 bits per heavy atom. The molecule has 0 saturated carbocycles. The molecule has 2 amide bonds. The lowest BCUT2D eigenvalue weighted by Gasteiger charge is -2.38. The number of carbonyl (C=O) groups is 1. The summed E-state index contributed by atoms with van der Waals surface area (Å²) in [5.41, 5.74) is 5.78. The molecule has 0 spiro atoms. The third kappa shape index (κ3) is 8.25. The van der Waals surface area contributed by atoms with Crippen LogP contribution in [0.5, 0.6) is 0 Å². The largest absolute Gasteiger partial charge is 0.392 e. The second-order valence-corrected chi connectivity index (χ2v) is 10.4. The molecule has 5 rings (SSSR count). The van der Waals surface area contributed by atoms with E-state index in [0.717, 1.165) is 41.8 Å². The van der Waals surface area contributed by atoms with E-state index in [-0.39, 0.29) is 24.8 Å². The fourth-order valence-electron chi connectivity index (χ4n) is 5.02. The monoisotopic (exact) mass is 551 g/mol. The SMILES string of the molecule is CN(Cc1ccccc1)C[C@@H]1C[C@H](c2ccc(CO)cc2)O[C@H](c2ccc(NC(=O)NCc3ccccc3)cc2)O1. The van der Waals surface area contributed by atoms with Crippen molar-refractivity contribution in [2.45, 2.75) is 44.6 Å². The zero-order valence-electron chi connectivity index (χ0n) is 23.3. The summed E-state index contributed by atoms with van der Waals surface area (Å²) in [6.45, 7) is 2.04. The first-order valence-electron chi connectivity index (χ1n) is 14.0. The second kappa shape index (κ2) is 14.1. The van der Waals surface area contributed by atoms with E-state index < -0.39 is 6.29 Å². The Bertz CT molecular complexity index is 1370. The molecular formula is C34H37N3O4. The van der Waals surface area contributed by atoms with E-state index in [0.29, 0.717) is 12.2 Å². The van der Waals surface area contributed by atoms with Crippen LogP contribution in [0.15, 0.2) is 109 Å². The quantitative estimate of drug-likeness (QED) is 0.219. The fraction of sp³-hybridized carbons (Fsp3) is 0.265. The lowest BCUT2D eigenvalue weighted by Crippen LogP contribution is -2.37. The van der Waals surface area contributed by atoms with E-state index in [1.165, 1.54) is 5.56 Å². The molecule has 4 aromatic carbocycles. The van der Waals surface area contributed by atoms with Crippen LogP contribution in [0.3, 0.4) is 0 Å². The Morgan fingerprint density at radius 1 is 0.805 bits per heavy atom.